The summed E-state index contributed by atoms with van der Waals surface area (Å²) >= 11 is 0. The third-order valence-electron chi connectivity index (χ3n) is 3.47. The maximum Gasteiger partial charge on any atom is 0.410 e. The summed E-state index contributed by atoms with van der Waals surface area (Å²) in [4.78, 5) is 48.9. The molecule has 25 heavy (non-hydrogen) atoms. The number of nitrogens with one attached hydrogen (secondary N) is 2. The van der Waals surface area contributed by atoms with Crippen LogP contribution in [0, 0.1) is 5.92 Å². The van der Waals surface area contributed by atoms with Gasteiger partial charge in [0.1, 0.15) is 12.0 Å². The first-order valence-electron chi connectivity index (χ1n) is 7.94. The van der Waals surface area contributed by atoms with E-state index in [1.807, 2.05) is 0 Å². The SMILES string of the molecule is CCOC(=O)[C@H]1[C@@H](C(=O)OCC)N(C(=O)OCC)C[C@H]1NNC(N)=O. The summed E-state index contributed by atoms with van der Waals surface area (Å²) < 4.78 is 14.9. The summed E-state index contributed by atoms with van der Waals surface area (Å²) in [6.07, 6.45) is -0.779. The highest BCUT2D eigenvalue weighted by atomic mass is 16.6. The number of likely N-dealkylation sites (tertiary alicyclic amines) is 1. The summed E-state index contributed by atoms with van der Waals surface area (Å²) in [7, 11) is 0. The molecule has 1 aliphatic rings. The molecule has 142 valence electrons. The minimum atomic E-state index is -1.25. The zero-order chi connectivity index (χ0) is 19.0. The Labute approximate surface area is 145 Å². The van der Waals surface area contributed by atoms with Crippen LogP contribution in [-0.4, -0.2) is 67.4 Å². The Balaban J connectivity index is 3.15. The molecule has 3 atom stereocenters. The summed E-state index contributed by atoms with van der Waals surface area (Å²) in [5, 5.41) is 0. The molecule has 1 aliphatic heterocycles. The Bertz CT molecular complexity index is 513. The second-order valence-electron chi connectivity index (χ2n) is 5.07. The highest BCUT2D eigenvalue weighted by molar-refractivity contribution is 5.89. The molecule has 11 nitrogen and oxygen atoms in total. The van der Waals surface area contributed by atoms with Crippen molar-refractivity contribution in [1.82, 2.24) is 15.8 Å². The van der Waals surface area contributed by atoms with Crippen LogP contribution in [0.1, 0.15) is 20.8 Å². The topological polar surface area (TPSA) is 149 Å². The Morgan fingerprint density at radius 2 is 1.56 bits per heavy atom. The predicted octanol–water partition coefficient (Wildman–Crippen LogP) is -0.889. The van der Waals surface area contributed by atoms with Gasteiger partial charge in [0.05, 0.1) is 25.9 Å². The van der Waals surface area contributed by atoms with E-state index in [-0.39, 0.29) is 26.4 Å². The Morgan fingerprint density at radius 1 is 1.00 bits per heavy atom. The van der Waals surface area contributed by atoms with Crippen molar-refractivity contribution in [2.45, 2.75) is 32.9 Å². The van der Waals surface area contributed by atoms with E-state index in [2.05, 4.69) is 10.9 Å². The van der Waals surface area contributed by atoms with E-state index in [0.29, 0.717) is 0 Å². The second-order valence-corrected chi connectivity index (χ2v) is 5.07. The molecule has 3 amide bonds. The van der Waals surface area contributed by atoms with Crippen LogP contribution in [0.25, 0.3) is 0 Å². The van der Waals surface area contributed by atoms with Crippen LogP contribution in [0.4, 0.5) is 9.59 Å². The van der Waals surface area contributed by atoms with Crippen molar-refractivity contribution >= 4 is 24.1 Å². The molecule has 0 unspecified atom stereocenters. The van der Waals surface area contributed by atoms with Gasteiger partial charge in [-0.1, -0.05) is 0 Å². The molecule has 0 bridgehead atoms. The van der Waals surface area contributed by atoms with E-state index in [0.717, 1.165) is 4.90 Å². The fourth-order valence-corrected chi connectivity index (χ4v) is 2.58. The first kappa shape index (κ1) is 20.5. The molecule has 0 aromatic rings. The number of hydrazine groups is 1. The summed E-state index contributed by atoms with van der Waals surface area (Å²) in [5.74, 6) is -2.58. The molecule has 0 aliphatic carbocycles. The quantitative estimate of drug-likeness (QED) is 0.301. The number of nitrogens with two attached hydrogens (primary N) is 1. The number of primary amides is 1. The smallest absolute Gasteiger partial charge is 0.410 e. The number of urea groups is 1. The van der Waals surface area contributed by atoms with E-state index >= 15 is 0 Å². The van der Waals surface area contributed by atoms with Gasteiger partial charge >= 0.3 is 24.1 Å². The summed E-state index contributed by atoms with van der Waals surface area (Å²) in [5.41, 5.74) is 9.70. The molecule has 1 saturated heterocycles. The van der Waals surface area contributed by atoms with Crippen molar-refractivity contribution in [3.8, 4) is 0 Å². The highest BCUT2D eigenvalue weighted by Gasteiger charge is 2.53. The van der Waals surface area contributed by atoms with Gasteiger partial charge in [-0.2, -0.15) is 0 Å². The number of rotatable bonds is 7. The number of ether oxygens (including phenoxy) is 3. The molecule has 4 N–H and O–H groups in total. The van der Waals surface area contributed by atoms with Crippen molar-refractivity contribution in [1.29, 1.82) is 0 Å². The molecule has 1 heterocycles. The summed E-state index contributed by atoms with van der Waals surface area (Å²) in [6, 6.07) is -2.94. The van der Waals surface area contributed by atoms with Crippen LogP contribution in [0.5, 0.6) is 0 Å². The van der Waals surface area contributed by atoms with Crippen molar-refractivity contribution in [3.63, 3.8) is 0 Å². The predicted molar refractivity (Wildman–Crippen MR) is 83.9 cm³/mol. The van der Waals surface area contributed by atoms with Crippen LogP contribution in [0.15, 0.2) is 0 Å². The highest BCUT2D eigenvalue weighted by Crippen LogP contribution is 2.28. The molecule has 1 fully saturated rings. The van der Waals surface area contributed by atoms with Gasteiger partial charge in [0, 0.05) is 6.54 Å². The fraction of sp³-hybridized carbons (Fsp3) is 0.714. The van der Waals surface area contributed by atoms with Gasteiger partial charge in [-0.15, -0.1) is 0 Å². The molecule has 0 radical (unpaired) electrons. The Kier molecular flexibility index (Phi) is 7.92. The van der Waals surface area contributed by atoms with Crippen molar-refractivity contribution in [3.05, 3.63) is 0 Å². The normalized spacial score (nSPS) is 22.2. The molecule has 0 aromatic heterocycles. The summed E-state index contributed by atoms with van der Waals surface area (Å²) in [6.45, 7) is 4.98. The van der Waals surface area contributed by atoms with Crippen LogP contribution in [0.2, 0.25) is 0 Å². The van der Waals surface area contributed by atoms with Crippen LogP contribution < -0.4 is 16.6 Å². The second kappa shape index (κ2) is 9.67. The number of hydrogen-bond acceptors (Lipinski definition) is 8. The monoisotopic (exact) mass is 360 g/mol. The average molecular weight is 360 g/mol. The van der Waals surface area contributed by atoms with Gasteiger partial charge in [-0.05, 0) is 20.8 Å². The third kappa shape index (κ3) is 5.21. The lowest BCUT2D eigenvalue weighted by molar-refractivity contribution is -0.158. The molecular weight excluding hydrogens is 336 g/mol. The van der Waals surface area contributed by atoms with E-state index in [4.69, 9.17) is 19.9 Å². The lowest BCUT2D eigenvalue weighted by atomic mass is 9.96. The van der Waals surface area contributed by atoms with E-state index in [1.165, 1.54) is 0 Å². The van der Waals surface area contributed by atoms with Gasteiger partial charge in [-0.25, -0.2) is 19.8 Å². The Morgan fingerprint density at radius 3 is 2.08 bits per heavy atom. The number of hydrogen-bond donors (Lipinski definition) is 3. The number of esters is 2. The average Bonchev–Trinajstić information content (AvgIpc) is 2.93. The number of amides is 3. The first-order valence-corrected chi connectivity index (χ1v) is 7.94. The maximum atomic E-state index is 12.4. The van der Waals surface area contributed by atoms with Gasteiger partial charge < -0.3 is 19.9 Å². The lowest BCUT2D eigenvalue weighted by Gasteiger charge is -2.25. The number of carbonyl (C=O) groups is 4. The van der Waals surface area contributed by atoms with Gasteiger partial charge in [-0.3, -0.25) is 15.1 Å². The standard InChI is InChI=1S/C14H24N4O7/c1-4-23-11(19)9-8(16-17-13(15)21)7-18(14(22)25-6-3)10(9)12(20)24-5-2/h8-10,16H,4-7H2,1-3H3,(H3,15,17,21)/t8-,9-,10+/m1/s1. The first-order chi connectivity index (χ1) is 11.9. The van der Waals surface area contributed by atoms with Crippen LogP contribution >= 0.6 is 0 Å². The van der Waals surface area contributed by atoms with Crippen molar-refractivity contribution in [2.75, 3.05) is 26.4 Å². The van der Waals surface area contributed by atoms with Gasteiger partial charge in [0.2, 0.25) is 0 Å². The van der Waals surface area contributed by atoms with Crippen molar-refractivity contribution in [2.24, 2.45) is 11.7 Å². The minimum Gasteiger partial charge on any atom is -0.466 e. The van der Waals surface area contributed by atoms with E-state index in [9.17, 15) is 19.2 Å². The molecular formula is C14H24N4O7. The molecule has 0 saturated carbocycles. The van der Waals surface area contributed by atoms with Crippen LogP contribution in [0.3, 0.4) is 0 Å². The van der Waals surface area contributed by atoms with Gasteiger partial charge in [0.15, 0.2) is 0 Å². The molecule has 0 spiro atoms. The maximum absolute atomic E-state index is 12.4. The lowest BCUT2D eigenvalue weighted by Crippen LogP contribution is -2.52. The van der Waals surface area contributed by atoms with E-state index < -0.39 is 42.1 Å². The van der Waals surface area contributed by atoms with Crippen molar-refractivity contribution < 1.29 is 33.4 Å². The zero-order valence-electron chi connectivity index (χ0n) is 14.4. The molecule has 0 aromatic carbocycles. The Hall–Kier alpha value is -2.56. The van der Waals surface area contributed by atoms with E-state index in [1.54, 1.807) is 20.8 Å². The molecule has 11 heteroatoms. The van der Waals surface area contributed by atoms with Gasteiger partial charge in [0.25, 0.3) is 0 Å². The van der Waals surface area contributed by atoms with Crippen LogP contribution in [-0.2, 0) is 23.8 Å². The fourth-order valence-electron chi connectivity index (χ4n) is 2.58. The molecule has 1 rings (SSSR count). The largest absolute Gasteiger partial charge is 0.466 e. The number of carbonyl (C=O) groups excluding carboxylic acids is 4. The third-order valence-corrected chi connectivity index (χ3v) is 3.47. The minimum absolute atomic E-state index is 0.0686. The number of nitrogens with zero attached hydrogens (tertiary/aromatic N) is 1. The zero-order valence-corrected chi connectivity index (χ0v) is 14.4.